The van der Waals surface area contributed by atoms with Crippen molar-refractivity contribution in [3.05, 3.63) is 39.6 Å². The van der Waals surface area contributed by atoms with Gasteiger partial charge in [-0.25, -0.2) is 4.98 Å². The Balaban J connectivity index is 1.81. The van der Waals surface area contributed by atoms with Gasteiger partial charge in [0.15, 0.2) is 0 Å². The van der Waals surface area contributed by atoms with Gasteiger partial charge in [0.2, 0.25) is 0 Å². The zero-order valence-corrected chi connectivity index (χ0v) is 13.2. The second kappa shape index (κ2) is 6.10. The van der Waals surface area contributed by atoms with E-state index in [4.69, 9.17) is 0 Å². The minimum Gasteiger partial charge on any atom is -0.335 e. The summed E-state index contributed by atoms with van der Waals surface area (Å²) in [6.07, 6.45) is 10.2. The summed E-state index contributed by atoms with van der Waals surface area (Å²) in [6, 6.07) is 2.82. The topological polar surface area (TPSA) is 29.9 Å². The van der Waals surface area contributed by atoms with Crippen LogP contribution in [0, 0.1) is 0 Å². The van der Waals surface area contributed by atoms with Crippen molar-refractivity contribution in [1.82, 2.24) is 14.9 Å². The Kier molecular flexibility index (Phi) is 4.22. The number of fused-ring (bicyclic) bond motifs is 1. The van der Waals surface area contributed by atoms with Crippen LogP contribution in [0.1, 0.15) is 46.9 Å². The van der Waals surface area contributed by atoms with Gasteiger partial charge in [0, 0.05) is 41.2 Å². The van der Waals surface area contributed by atoms with Crippen LogP contribution in [-0.2, 0) is 25.8 Å². The molecule has 1 atom stereocenters. The summed E-state index contributed by atoms with van der Waals surface area (Å²) in [5.41, 5.74) is 1.59. The van der Waals surface area contributed by atoms with E-state index < -0.39 is 0 Å². The highest BCUT2D eigenvalue weighted by Crippen LogP contribution is 2.33. The predicted molar refractivity (Wildman–Crippen MR) is 84.4 cm³/mol. The molecule has 0 aromatic carbocycles. The standard InChI is InChI=1S/C16H23N3S/c1-3-19-9-8-18-16(19)11-13(17-2)15-10-12-6-4-5-7-14(12)20-15/h8-10,13,17H,3-7,11H2,1-2H3. The van der Waals surface area contributed by atoms with Gasteiger partial charge in [0.05, 0.1) is 0 Å². The van der Waals surface area contributed by atoms with Crippen molar-refractivity contribution >= 4 is 11.3 Å². The van der Waals surface area contributed by atoms with E-state index >= 15 is 0 Å². The van der Waals surface area contributed by atoms with Crippen LogP contribution in [0.25, 0.3) is 0 Å². The van der Waals surface area contributed by atoms with Crippen molar-refractivity contribution in [2.45, 2.75) is 51.6 Å². The molecule has 1 unspecified atom stereocenters. The lowest BCUT2D eigenvalue weighted by Gasteiger charge is -2.15. The van der Waals surface area contributed by atoms with Crippen LogP contribution in [0.4, 0.5) is 0 Å². The molecule has 1 aliphatic rings. The van der Waals surface area contributed by atoms with Crippen molar-refractivity contribution in [2.75, 3.05) is 7.05 Å². The smallest absolute Gasteiger partial charge is 0.110 e. The highest BCUT2D eigenvalue weighted by molar-refractivity contribution is 7.12. The fourth-order valence-corrected chi connectivity index (χ4v) is 4.40. The van der Waals surface area contributed by atoms with Crippen molar-refractivity contribution in [2.24, 2.45) is 0 Å². The van der Waals surface area contributed by atoms with E-state index in [0.717, 1.165) is 13.0 Å². The molecule has 2 aromatic rings. The molecule has 0 radical (unpaired) electrons. The number of nitrogens with one attached hydrogen (secondary N) is 1. The lowest BCUT2D eigenvalue weighted by molar-refractivity contribution is 0.560. The molecule has 108 valence electrons. The zero-order chi connectivity index (χ0) is 13.9. The first-order valence-electron chi connectivity index (χ1n) is 7.60. The number of hydrogen-bond acceptors (Lipinski definition) is 3. The van der Waals surface area contributed by atoms with E-state index in [-0.39, 0.29) is 0 Å². The Morgan fingerprint density at radius 1 is 1.40 bits per heavy atom. The Hall–Kier alpha value is -1.13. The highest BCUT2D eigenvalue weighted by atomic mass is 32.1. The Morgan fingerprint density at radius 2 is 2.25 bits per heavy atom. The molecule has 2 heterocycles. The molecular formula is C16H23N3S. The molecule has 2 aromatic heterocycles. The van der Waals surface area contributed by atoms with E-state index in [9.17, 15) is 0 Å². The molecule has 0 bridgehead atoms. The number of nitrogens with zero attached hydrogens (tertiary/aromatic N) is 2. The normalized spacial score (nSPS) is 16.1. The third-order valence-electron chi connectivity index (χ3n) is 4.24. The molecule has 1 N–H and O–H groups in total. The van der Waals surface area contributed by atoms with E-state index in [1.165, 1.54) is 36.4 Å². The number of aromatic nitrogens is 2. The molecule has 0 saturated carbocycles. The lowest BCUT2D eigenvalue weighted by atomic mass is 9.98. The minimum absolute atomic E-state index is 0.387. The maximum atomic E-state index is 4.51. The third kappa shape index (κ3) is 2.67. The van der Waals surface area contributed by atoms with Gasteiger partial charge in [-0.15, -0.1) is 11.3 Å². The van der Waals surface area contributed by atoms with Gasteiger partial charge in [-0.1, -0.05) is 0 Å². The molecule has 3 rings (SSSR count). The fourth-order valence-electron chi connectivity index (χ4n) is 3.03. The van der Waals surface area contributed by atoms with Crippen LogP contribution < -0.4 is 5.32 Å². The van der Waals surface area contributed by atoms with Gasteiger partial charge in [-0.2, -0.15) is 0 Å². The molecule has 0 fully saturated rings. The van der Waals surface area contributed by atoms with E-state index in [2.05, 4.69) is 41.1 Å². The number of hydrogen-bond donors (Lipinski definition) is 1. The van der Waals surface area contributed by atoms with E-state index in [1.54, 1.807) is 10.4 Å². The average Bonchev–Trinajstić information content (AvgIpc) is 3.10. The third-order valence-corrected chi connectivity index (χ3v) is 5.59. The van der Waals surface area contributed by atoms with Crippen LogP contribution >= 0.6 is 11.3 Å². The number of likely N-dealkylation sites (N-methyl/N-ethyl adjacent to an activating group) is 1. The molecular weight excluding hydrogens is 266 g/mol. The zero-order valence-electron chi connectivity index (χ0n) is 12.4. The quantitative estimate of drug-likeness (QED) is 0.915. The molecule has 0 saturated heterocycles. The molecule has 0 spiro atoms. The monoisotopic (exact) mass is 289 g/mol. The summed E-state index contributed by atoms with van der Waals surface area (Å²) in [5.74, 6) is 1.18. The largest absolute Gasteiger partial charge is 0.335 e. The average molecular weight is 289 g/mol. The lowest BCUT2D eigenvalue weighted by Crippen LogP contribution is -2.19. The fraction of sp³-hybridized carbons (Fsp3) is 0.562. The molecule has 0 amide bonds. The first kappa shape index (κ1) is 13.8. The first-order valence-corrected chi connectivity index (χ1v) is 8.42. The summed E-state index contributed by atoms with van der Waals surface area (Å²) >= 11 is 2.00. The van der Waals surface area contributed by atoms with Crippen LogP contribution in [-0.4, -0.2) is 16.6 Å². The van der Waals surface area contributed by atoms with E-state index in [0.29, 0.717) is 6.04 Å². The van der Waals surface area contributed by atoms with Crippen LogP contribution in [0.5, 0.6) is 0 Å². The van der Waals surface area contributed by atoms with Gasteiger partial charge >= 0.3 is 0 Å². The molecule has 1 aliphatic carbocycles. The Morgan fingerprint density at radius 3 is 3.00 bits per heavy atom. The number of imidazole rings is 1. The second-order valence-electron chi connectivity index (χ2n) is 5.48. The Labute approximate surface area is 125 Å². The molecule has 4 heteroatoms. The van der Waals surface area contributed by atoms with Crippen LogP contribution in [0.15, 0.2) is 18.5 Å². The first-order chi connectivity index (χ1) is 9.81. The molecule has 3 nitrogen and oxygen atoms in total. The number of rotatable bonds is 5. The summed E-state index contributed by atoms with van der Waals surface area (Å²) in [5, 5.41) is 3.47. The van der Waals surface area contributed by atoms with Crippen molar-refractivity contribution < 1.29 is 0 Å². The second-order valence-corrected chi connectivity index (χ2v) is 6.65. The van der Waals surface area contributed by atoms with Gasteiger partial charge in [0.25, 0.3) is 0 Å². The van der Waals surface area contributed by atoms with Crippen LogP contribution in [0.2, 0.25) is 0 Å². The summed E-state index contributed by atoms with van der Waals surface area (Å²) in [6.45, 7) is 3.16. The Bertz CT molecular complexity index is 547. The number of aryl methyl sites for hydroxylation is 3. The highest BCUT2D eigenvalue weighted by Gasteiger charge is 2.19. The predicted octanol–water partition coefficient (Wildman–Crippen LogP) is 3.35. The van der Waals surface area contributed by atoms with Gasteiger partial charge < -0.3 is 9.88 Å². The summed E-state index contributed by atoms with van der Waals surface area (Å²) in [7, 11) is 2.06. The molecule has 0 aliphatic heterocycles. The van der Waals surface area contributed by atoms with Gasteiger partial charge in [-0.05, 0) is 51.3 Å². The maximum absolute atomic E-state index is 4.51. The van der Waals surface area contributed by atoms with Crippen LogP contribution in [0.3, 0.4) is 0 Å². The summed E-state index contributed by atoms with van der Waals surface area (Å²) < 4.78 is 2.23. The summed E-state index contributed by atoms with van der Waals surface area (Å²) in [4.78, 5) is 7.60. The maximum Gasteiger partial charge on any atom is 0.110 e. The van der Waals surface area contributed by atoms with Crippen molar-refractivity contribution in [3.63, 3.8) is 0 Å². The minimum atomic E-state index is 0.387. The van der Waals surface area contributed by atoms with Gasteiger partial charge in [0.1, 0.15) is 5.82 Å². The SMILES string of the molecule is CCn1ccnc1CC(NC)c1cc2c(s1)CCCC2. The van der Waals surface area contributed by atoms with Crippen molar-refractivity contribution in [3.8, 4) is 0 Å². The van der Waals surface area contributed by atoms with Crippen molar-refractivity contribution in [1.29, 1.82) is 0 Å². The number of thiophene rings is 1. The van der Waals surface area contributed by atoms with Gasteiger partial charge in [-0.3, -0.25) is 0 Å². The molecule has 20 heavy (non-hydrogen) atoms. The van der Waals surface area contributed by atoms with E-state index in [1.807, 2.05) is 17.5 Å².